The van der Waals surface area contributed by atoms with Crippen molar-refractivity contribution in [1.29, 1.82) is 0 Å². The van der Waals surface area contributed by atoms with Gasteiger partial charge >= 0.3 is 0 Å². The quantitative estimate of drug-likeness (QED) is 0.913. The van der Waals surface area contributed by atoms with E-state index in [4.69, 9.17) is 0 Å². The Morgan fingerprint density at radius 1 is 1.29 bits per heavy atom. The molecular weight excluding hydrogens is 286 g/mol. The standard InChI is InChI=1S/C15H19N3O2S/c1-5-12-6-8-13(9-7-12)15(4)18(11(3)20)17-14(21-15)16-10(2)19/h6-9H,5H2,1-4H3,(H,16,17,19)/t15-/m0/s1. The van der Waals surface area contributed by atoms with E-state index in [-0.39, 0.29) is 11.8 Å². The maximum atomic E-state index is 11.9. The zero-order chi connectivity index (χ0) is 15.6. The van der Waals surface area contributed by atoms with Crippen molar-refractivity contribution in [2.24, 2.45) is 5.10 Å². The zero-order valence-electron chi connectivity index (χ0n) is 12.6. The zero-order valence-corrected chi connectivity index (χ0v) is 13.5. The summed E-state index contributed by atoms with van der Waals surface area (Å²) in [5.41, 5.74) is 2.21. The maximum Gasteiger partial charge on any atom is 0.241 e. The van der Waals surface area contributed by atoms with Crippen LogP contribution in [0.1, 0.15) is 38.8 Å². The fourth-order valence-corrected chi connectivity index (χ4v) is 3.44. The average Bonchev–Trinajstić information content (AvgIpc) is 2.76. The third-order valence-electron chi connectivity index (χ3n) is 3.37. The number of amides is 2. The molecule has 0 spiro atoms. The Hall–Kier alpha value is -1.82. The SMILES string of the molecule is CCc1ccc([C@]2(C)SC(NC(C)=O)=NN2C(C)=O)cc1. The molecule has 0 aromatic heterocycles. The van der Waals surface area contributed by atoms with E-state index in [2.05, 4.69) is 29.5 Å². The molecule has 2 amide bonds. The third-order valence-corrected chi connectivity index (χ3v) is 4.55. The monoisotopic (exact) mass is 305 g/mol. The van der Waals surface area contributed by atoms with Crippen LogP contribution in [-0.4, -0.2) is 22.0 Å². The Balaban J connectivity index is 2.35. The van der Waals surface area contributed by atoms with Crippen LogP contribution in [0.3, 0.4) is 0 Å². The fourth-order valence-electron chi connectivity index (χ4n) is 2.24. The lowest BCUT2D eigenvalue weighted by Gasteiger charge is -2.31. The molecule has 1 heterocycles. The number of thioether (sulfide) groups is 1. The summed E-state index contributed by atoms with van der Waals surface area (Å²) in [4.78, 5) is 22.4. The number of benzene rings is 1. The number of hydrazone groups is 1. The number of amidine groups is 1. The molecule has 1 atom stereocenters. The molecule has 0 saturated heterocycles. The summed E-state index contributed by atoms with van der Waals surface area (Å²) in [6.45, 7) is 6.92. The molecule has 0 unspecified atom stereocenters. The predicted octanol–water partition coefficient (Wildman–Crippen LogP) is 2.42. The van der Waals surface area contributed by atoms with Crippen molar-refractivity contribution in [1.82, 2.24) is 10.3 Å². The summed E-state index contributed by atoms with van der Waals surface area (Å²) < 4.78 is 0. The lowest BCUT2D eigenvalue weighted by Crippen LogP contribution is -2.37. The first-order chi connectivity index (χ1) is 9.86. The van der Waals surface area contributed by atoms with Gasteiger partial charge in [0.2, 0.25) is 11.8 Å². The average molecular weight is 305 g/mol. The molecule has 21 heavy (non-hydrogen) atoms. The van der Waals surface area contributed by atoms with Crippen molar-refractivity contribution < 1.29 is 9.59 Å². The van der Waals surface area contributed by atoms with Gasteiger partial charge in [-0.05, 0) is 24.5 Å². The number of hydrogen-bond acceptors (Lipinski definition) is 4. The molecule has 0 aliphatic carbocycles. The van der Waals surface area contributed by atoms with Crippen LogP contribution in [0.15, 0.2) is 29.4 Å². The Morgan fingerprint density at radius 2 is 1.90 bits per heavy atom. The lowest BCUT2D eigenvalue weighted by molar-refractivity contribution is -0.131. The lowest BCUT2D eigenvalue weighted by atomic mass is 10.0. The van der Waals surface area contributed by atoms with Gasteiger partial charge in [-0.2, -0.15) is 0 Å². The number of carbonyl (C=O) groups excluding carboxylic acids is 2. The molecule has 1 aliphatic heterocycles. The number of hydrogen-bond donors (Lipinski definition) is 1. The summed E-state index contributed by atoms with van der Waals surface area (Å²) in [5, 5.41) is 8.75. The highest BCUT2D eigenvalue weighted by molar-refractivity contribution is 8.14. The molecule has 1 aromatic carbocycles. The second-order valence-electron chi connectivity index (χ2n) is 5.05. The van der Waals surface area contributed by atoms with E-state index in [1.54, 1.807) is 0 Å². The van der Waals surface area contributed by atoms with Crippen LogP contribution >= 0.6 is 11.8 Å². The van der Waals surface area contributed by atoms with Crippen molar-refractivity contribution in [2.75, 3.05) is 0 Å². The first kappa shape index (κ1) is 15.6. The van der Waals surface area contributed by atoms with Crippen molar-refractivity contribution in [3.8, 4) is 0 Å². The van der Waals surface area contributed by atoms with Gasteiger partial charge in [0.1, 0.15) is 4.87 Å². The first-order valence-corrected chi connectivity index (χ1v) is 7.64. The van der Waals surface area contributed by atoms with E-state index in [1.165, 1.54) is 36.2 Å². The van der Waals surface area contributed by atoms with Gasteiger partial charge in [0.15, 0.2) is 5.17 Å². The van der Waals surface area contributed by atoms with E-state index in [0.29, 0.717) is 5.17 Å². The van der Waals surface area contributed by atoms with Gasteiger partial charge in [-0.15, -0.1) is 5.10 Å². The first-order valence-electron chi connectivity index (χ1n) is 6.82. The van der Waals surface area contributed by atoms with Gasteiger partial charge in [-0.25, -0.2) is 5.01 Å². The Kier molecular flexibility index (Phi) is 4.37. The molecule has 1 aliphatic rings. The third kappa shape index (κ3) is 3.10. The highest BCUT2D eigenvalue weighted by atomic mass is 32.2. The highest BCUT2D eigenvalue weighted by Gasteiger charge is 2.43. The highest BCUT2D eigenvalue weighted by Crippen LogP contribution is 2.44. The second kappa shape index (κ2) is 5.89. The van der Waals surface area contributed by atoms with Crippen LogP contribution in [0.2, 0.25) is 0 Å². The van der Waals surface area contributed by atoms with Crippen LogP contribution in [0, 0.1) is 0 Å². The van der Waals surface area contributed by atoms with Gasteiger partial charge in [0.05, 0.1) is 0 Å². The minimum absolute atomic E-state index is 0.162. The van der Waals surface area contributed by atoms with E-state index in [1.807, 2.05) is 19.1 Å². The maximum absolute atomic E-state index is 11.9. The Labute approximate surface area is 128 Å². The van der Waals surface area contributed by atoms with E-state index in [0.717, 1.165) is 12.0 Å². The Bertz CT molecular complexity index is 597. The molecule has 1 N–H and O–H groups in total. The number of rotatable bonds is 2. The predicted molar refractivity (Wildman–Crippen MR) is 84.5 cm³/mol. The van der Waals surface area contributed by atoms with Crippen LogP contribution < -0.4 is 5.32 Å². The molecule has 0 fully saturated rings. The fraction of sp³-hybridized carbons (Fsp3) is 0.400. The van der Waals surface area contributed by atoms with Gasteiger partial charge in [0.25, 0.3) is 0 Å². The number of nitrogens with one attached hydrogen (secondary N) is 1. The minimum atomic E-state index is -0.643. The van der Waals surface area contributed by atoms with Crippen molar-refractivity contribution in [3.05, 3.63) is 35.4 Å². The molecule has 1 aromatic rings. The number of aryl methyl sites for hydroxylation is 1. The molecule has 0 saturated carbocycles. The summed E-state index contributed by atoms with van der Waals surface area (Å²) in [6.07, 6.45) is 0.966. The smallest absolute Gasteiger partial charge is 0.241 e. The molecule has 0 bridgehead atoms. The molecule has 5 nitrogen and oxygen atoms in total. The van der Waals surface area contributed by atoms with Gasteiger partial charge in [-0.1, -0.05) is 43.0 Å². The summed E-state index contributed by atoms with van der Waals surface area (Å²) in [5.74, 6) is -0.361. The normalized spacial score (nSPS) is 21.1. The van der Waals surface area contributed by atoms with E-state index < -0.39 is 4.87 Å². The van der Waals surface area contributed by atoms with Crippen LogP contribution in [-0.2, 0) is 20.9 Å². The van der Waals surface area contributed by atoms with Crippen molar-refractivity contribution >= 4 is 28.7 Å². The summed E-state index contributed by atoms with van der Waals surface area (Å²) in [6, 6.07) is 8.12. The topological polar surface area (TPSA) is 61.8 Å². The van der Waals surface area contributed by atoms with Gasteiger partial charge < -0.3 is 5.32 Å². The molecule has 0 radical (unpaired) electrons. The summed E-state index contributed by atoms with van der Waals surface area (Å²) >= 11 is 1.37. The van der Waals surface area contributed by atoms with Crippen LogP contribution in [0.25, 0.3) is 0 Å². The molecule has 112 valence electrons. The molecule has 2 rings (SSSR count). The van der Waals surface area contributed by atoms with Crippen molar-refractivity contribution in [3.63, 3.8) is 0 Å². The van der Waals surface area contributed by atoms with Gasteiger partial charge in [0, 0.05) is 13.8 Å². The second-order valence-corrected chi connectivity index (χ2v) is 6.44. The number of carbonyl (C=O) groups is 2. The van der Waals surface area contributed by atoms with Crippen LogP contribution in [0.5, 0.6) is 0 Å². The minimum Gasteiger partial charge on any atom is -0.304 e. The summed E-state index contributed by atoms with van der Waals surface area (Å²) in [7, 11) is 0. The molecule has 6 heteroatoms. The van der Waals surface area contributed by atoms with E-state index >= 15 is 0 Å². The van der Waals surface area contributed by atoms with E-state index in [9.17, 15) is 9.59 Å². The largest absolute Gasteiger partial charge is 0.304 e. The number of nitrogens with zero attached hydrogens (tertiary/aromatic N) is 2. The van der Waals surface area contributed by atoms with Crippen LogP contribution in [0.4, 0.5) is 0 Å². The molecular formula is C15H19N3O2S. The Morgan fingerprint density at radius 3 is 2.38 bits per heavy atom. The van der Waals surface area contributed by atoms with Gasteiger partial charge in [-0.3, -0.25) is 9.59 Å². The van der Waals surface area contributed by atoms with Crippen molar-refractivity contribution in [2.45, 2.75) is 39.0 Å².